The van der Waals surface area contributed by atoms with E-state index < -0.39 is 0 Å². The predicted molar refractivity (Wildman–Crippen MR) is 72.0 cm³/mol. The molecule has 0 saturated heterocycles. The van der Waals surface area contributed by atoms with E-state index >= 15 is 0 Å². The number of hydrogen-bond donors (Lipinski definition) is 1. The molecule has 3 nitrogen and oxygen atoms in total. The second kappa shape index (κ2) is 5.33. The molecule has 0 atom stereocenters. The van der Waals surface area contributed by atoms with E-state index in [1.54, 1.807) is 29.5 Å². The Hall–Kier alpha value is -1.33. The summed E-state index contributed by atoms with van der Waals surface area (Å²) in [4.78, 5) is 12.7. The van der Waals surface area contributed by atoms with Crippen LogP contribution >= 0.6 is 27.3 Å². The maximum Gasteiger partial charge on any atom is 0.338 e. The topological polar surface area (TPSA) is 52.3 Å². The number of ether oxygens (including phenoxy) is 1. The average Bonchev–Trinajstić information content (AvgIpc) is 2.82. The molecule has 17 heavy (non-hydrogen) atoms. The predicted octanol–water partition coefficient (Wildman–Crippen LogP) is 3.45. The summed E-state index contributed by atoms with van der Waals surface area (Å²) in [6, 6.07) is 8.86. The standard InChI is InChI=1S/C12H10BrNO2S/c13-10-4-3-8(6-11(10)14)12(15)16-7-9-2-1-5-17-9/h1-6H,7,14H2. The summed E-state index contributed by atoms with van der Waals surface area (Å²) < 4.78 is 5.94. The summed E-state index contributed by atoms with van der Waals surface area (Å²) in [5, 5.41) is 1.95. The van der Waals surface area contributed by atoms with Crippen molar-refractivity contribution in [3.8, 4) is 0 Å². The van der Waals surface area contributed by atoms with Gasteiger partial charge < -0.3 is 10.5 Å². The van der Waals surface area contributed by atoms with Crippen LogP contribution in [0, 0.1) is 0 Å². The third-order valence-corrected chi connectivity index (χ3v) is 3.73. The smallest absolute Gasteiger partial charge is 0.338 e. The van der Waals surface area contributed by atoms with Crippen LogP contribution < -0.4 is 5.73 Å². The fourth-order valence-corrected chi connectivity index (χ4v) is 2.15. The Kier molecular flexibility index (Phi) is 3.81. The lowest BCUT2D eigenvalue weighted by molar-refractivity contribution is 0.0477. The van der Waals surface area contributed by atoms with E-state index in [9.17, 15) is 4.79 Å². The van der Waals surface area contributed by atoms with Gasteiger partial charge in [0.2, 0.25) is 0 Å². The molecule has 2 N–H and O–H groups in total. The van der Waals surface area contributed by atoms with Gasteiger partial charge in [0.15, 0.2) is 0 Å². The Morgan fingerprint density at radius 1 is 1.41 bits per heavy atom. The van der Waals surface area contributed by atoms with Crippen LogP contribution in [0.3, 0.4) is 0 Å². The van der Waals surface area contributed by atoms with Crippen molar-refractivity contribution >= 4 is 38.9 Å². The van der Waals surface area contributed by atoms with Crippen LogP contribution in [0.25, 0.3) is 0 Å². The first kappa shape index (κ1) is 12.1. The van der Waals surface area contributed by atoms with Gasteiger partial charge in [0, 0.05) is 15.0 Å². The van der Waals surface area contributed by atoms with Gasteiger partial charge in [0.1, 0.15) is 6.61 Å². The largest absolute Gasteiger partial charge is 0.456 e. The Labute approximate surface area is 111 Å². The van der Waals surface area contributed by atoms with Gasteiger partial charge in [-0.05, 0) is 45.6 Å². The third-order valence-electron chi connectivity index (χ3n) is 2.16. The molecule has 0 aliphatic carbocycles. The summed E-state index contributed by atoms with van der Waals surface area (Å²) in [6.07, 6.45) is 0. The molecule has 5 heteroatoms. The monoisotopic (exact) mass is 311 g/mol. The number of nitrogens with two attached hydrogens (primary N) is 1. The van der Waals surface area contributed by atoms with E-state index in [-0.39, 0.29) is 5.97 Å². The van der Waals surface area contributed by atoms with Gasteiger partial charge in [0.25, 0.3) is 0 Å². The molecule has 0 bridgehead atoms. The minimum absolute atomic E-state index is 0.298. The molecule has 0 radical (unpaired) electrons. The first-order chi connectivity index (χ1) is 8.16. The number of nitrogen functional groups attached to an aromatic ring is 1. The lowest BCUT2D eigenvalue weighted by atomic mass is 10.2. The van der Waals surface area contributed by atoms with Crippen LogP contribution in [0.1, 0.15) is 15.2 Å². The van der Waals surface area contributed by atoms with Crippen LogP contribution in [0.15, 0.2) is 40.2 Å². The number of carbonyl (C=O) groups is 1. The fraction of sp³-hybridized carbons (Fsp3) is 0.0833. The van der Waals surface area contributed by atoms with Crippen molar-refractivity contribution in [3.63, 3.8) is 0 Å². The van der Waals surface area contributed by atoms with Crippen molar-refractivity contribution < 1.29 is 9.53 Å². The van der Waals surface area contributed by atoms with Crippen LogP contribution in [-0.2, 0) is 11.3 Å². The first-order valence-electron chi connectivity index (χ1n) is 4.91. The van der Waals surface area contributed by atoms with Gasteiger partial charge >= 0.3 is 5.97 Å². The highest BCUT2D eigenvalue weighted by molar-refractivity contribution is 9.10. The molecule has 1 aromatic heterocycles. The Balaban J connectivity index is 2.02. The van der Waals surface area contributed by atoms with E-state index in [2.05, 4.69) is 15.9 Å². The number of thiophene rings is 1. The van der Waals surface area contributed by atoms with Crippen molar-refractivity contribution in [2.24, 2.45) is 0 Å². The quantitative estimate of drug-likeness (QED) is 0.697. The maximum absolute atomic E-state index is 11.7. The summed E-state index contributed by atoms with van der Waals surface area (Å²) in [7, 11) is 0. The summed E-state index contributed by atoms with van der Waals surface area (Å²) in [5.74, 6) is -0.363. The maximum atomic E-state index is 11.7. The lowest BCUT2D eigenvalue weighted by Gasteiger charge is -2.05. The molecule has 2 rings (SSSR count). The molecule has 88 valence electrons. The second-order valence-corrected chi connectivity index (χ2v) is 5.28. The van der Waals surface area contributed by atoms with Gasteiger partial charge in [-0.15, -0.1) is 11.3 Å². The average molecular weight is 312 g/mol. The molecule has 0 saturated carbocycles. The molecule has 1 aromatic carbocycles. The normalized spacial score (nSPS) is 10.2. The number of halogens is 1. The number of anilines is 1. The number of rotatable bonds is 3. The highest BCUT2D eigenvalue weighted by Gasteiger charge is 2.09. The van der Waals surface area contributed by atoms with E-state index in [0.29, 0.717) is 17.9 Å². The highest BCUT2D eigenvalue weighted by atomic mass is 79.9. The van der Waals surface area contributed by atoms with E-state index in [1.807, 2.05) is 17.5 Å². The summed E-state index contributed by atoms with van der Waals surface area (Å²) in [6.45, 7) is 0.298. The van der Waals surface area contributed by atoms with Gasteiger partial charge in [0.05, 0.1) is 5.56 Å². The van der Waals surface area contributed by atoms with Crippen molar-refractivity contribution in [2.45, 2.75) is 6.61 Å². The van der Waals surface area contributed by atoms with Crippen molar-refractivity contribution in [3.05, 3.63) is 50.6 Å². The number of carbonyl (C=O) groups excluding carboxylic acids is 1. The number of benzene rings is 1. The molecule has 0 unspecified atom stereocenters. The van der Waals surface area contributed by atoms with Gasteiger partial charge in [-0.2, -0.15) is 0 Å². The molecular weight excluding hydrogens is 302 g/mol. The van der Waals surface area contributed by atoms with Crippen LogP contribution in [0.5, 0.6) is 0 Å². The lowest BCUT2D eigenvalue weighted by Crippen LogP contribution is -2.05. The van der Waals surface area contributed by atoms with E-state index in [4.69, 9.17) is 10.5 Å². The Morgan fingerprint density at radius 2 is 2.24 bits per heavy atom. The molecule has 0 fully saturated rings. The highest BCUT2D eigenvalue weighted by Crippen LogP contribution is 2.21. The number of hydrogen-bond acceptors (Lipinski definition) is 4. The molecule has 0 aliphatic rings. The minimum atomic E-state index is -0.363. The van der Waals surface area contributed by atoms with Crippen LogP contribution in [-0.4, -0.2) is 5.97 Å². The Morgan fingerprint density at radius 3 is 2.88 bits per heavy atom. The zero-order valence-electron chi connectivity index (χ0n) is 8.85. The molecular formula is C12H10BrNO2S. The molecule has 2 aromatic rings. The van der Waals surface area contributed by atoms with Crippen LogP contribution in [0.2, 0.25) is 0 Å². The first-order valence-corrected chi connectivity index (χ1v) is 6.58. The zero-order valence-corrected chi connectivity index (χ0v) is 11.3. The number of esters is 1. The van der Waals surface area contributed by atoms with Gasteiger partial charge in [-0.3, -0.25) is 0 Å². The summed E-state index contributed by atoms with van der Waals surface area (Å²) >= 11 is 4.83. The molecule has 1 heterocycles. The summed E-state index contributed by atoms with van der Waals surface area (Å²) in [5.41, 5.74) is 6.68. The van der Waals surface area contributed by atoms with Crippen LogP contribution in [0.4, 0.5) is 5.69 Å². The van der Waals surface area contributed by atoms with Gasteiger partial charge in [-0.1, -0.05) is 6.07 Å². The second-order valence-electron chi connectivity index (χ2n) is 3.39. The molecule has 0 amide bonds. The molecule has 0 aliphatic heterocycles. The third kappa shape index (κ3) is 3.08. The molecule has 0 spiro atoms. The van der Waals surface area contributed by atoms with Gasteiger partial charge in [-0.25, -0.2) is 4.79 Å². The van der Waals surface area contributed by atoms with E-state index in [0.717, 1.165) is 9.35 Å². The van der Waals surface area contributed by atoms with E-state index in [1.165, 1.54) is 0 Å². The zero-order chi connectivity index (χ0) is 12.3. The SMILES string of the molecule is Nc1cc(C(=O)OCc2cccs2)ccc1Br. The van der Waals surface area contributed by atoms with Crippen molar-refractivity contribution in [1.29, 1.82) is 0 Å². The van der Waals surface area contributed by atoms with Crippen molar-refractivity contribution in [1.82, 2.24) is 0 Å². The fourth-order valence-electron chi connectivity index (χ4n) is 1.29. The van der Waals surface area contributed by atoms with Crippen molar-refractivity contribution in [2.75, 3.05) is 5.73 Å². The Bertz CT molecular complexity index is 525. The minimum Gasteiger partial charge on any atom is -0.456 e.